The van der Waals surface area contributed by atoms with Gasteiger partial charge in [0.05, 0.1) is 16.9 Å². The summed E-state index contributed by atoms with van der Waals surface area (Å²) in [6, 6.07) is 1.77. The molecular formula is C12H15ClN4O. The van der Waals surface area contributed by atoms with Gasteiger partial charge in [0.1, 0.15) is 11.4 Å². The zero-order valence-corrected chi connectivity index (χ0v) is 11.4. The molecule has 0 amide bonds. The van der Waals surface area contributed by atoms with Gasteiger partial charge in [0.2, 0.25) is 5.78 Å². The summed E-state index contributed by atoms with van der Waals surface area (Å²) in [5, 5.41) is 8.72. The fourth-order valence-electron chi connectivity index (χ4n) is 1.92. The van der Waals surface area contributed by atoms with Crippen molar-refractivity contribution in [3.8, 4) is 0 Å². The number of rotatable bonds is 4. The van der Waals surface area contributed by atoms with Crippen molar-refractivity contribution in [2.75, 3.05) is 0 Å². The van der Waals surface area contributed by atoms with Crippen molar-refractivity contribution in [2.24, 2.45) is 0 Å². The molecule has 0 saturated carbocycles. The van der Waals surface area contributed by atoms with E-state index in [0.717, 1.165) is 5.69 Å². The van der Waals surface area contributed by atoms with Crippen LogP contribution in [0.4, 0.5) is 0 Å². The van der Waals surface area contributed by atoms with Gasteiger partial charge in [0.15, 0.2) is 0 Å². The third-order valence-corrected chi connectivity index (χ3v) is 3.02. The monoisotopic (exact) mass is 266 g/mol. The van der Waals surface area contributed by atoms with Gasteiger partial charge in [-0.15, -0.1) is 0 Å². The molecule has 2 aromatic rings. The second kappa shape index (κ2) is 4.94. The third kappa shape index (κ3) is 2.06. The van der Waals surface area contributed by atoms with E-state index in [2.05, 4.69) is 10.2 Å². The summed E-state index contributed by atoms with van der Waals surface area (Å²) < 4.78 is 3.29. The highest BCUT2D eigenvalue weighted by molar-refractivity contribution is 6.34. The maximum absolute atomic E-state index is 12.5. The highest BCUT2D eigenvalue weighted by atomic mass is 35.5. The zero-order chi connectivity index (χ0) is 13.3. The van der Waals surface area contributed by atoms with E-state index in [1.54, 1.807) is 15.4 Å². The summed E-state index contributed by atoms with van der Waals surface area (Å²) in [5.41, 5.74) is 1.79. The molecule has 18 heavy (non-hydrogen) atoms. The van der Waals surface area contributed by atoms with Gasteiger partial charge in [-0.25, -0.2) is 0 Å². The van der Waals surface area contributed by atoms with Gasteiger partial charge in [-0.1, -0.05) is 11.6 Å². The minimum absolute atomic E-state index is 0.137. The molecular weight excluding hydrogens is 252 g/mol. The van der Waals surface area contributed by atoms with Gasteiger partial charge in [-0.05, 0) is 26.8 Å². The molecule has 0 aliphatic carbocycles. The minimum Gasteiger partial charge on any atom is -0.285 e. The first-order valence-corrected chi connectivity index (χ1v) is 6.26. The van der Waals surface area contributed by atoms with Crippen LogP contribution < -0.4 is 0 Å². The number of hydrogen-bond donors (Lipinski definition) is 0. The molecule has 0 fully saturated rings. The van der Waals surface area contributed by atoms with Crippen LogP contribution in [0.1, 0.15) is 35.7 Å². The maximum atomic E-state index is 12.5. The summed E-state index contributed by atoms with van der Waals surface area (Å²) in [6.45, 7) is 6.98. The number of hydrogen-bond acceptors (Lipinski definition) is 3. The number of aromatic nitrogens is 4. The minimum atomic E-state index is -0.137. The number of aryl methyl sites for hydroxylation is 3. The highest BCUT2D eigenvalue weighted by Crippen LogP contribution is 2.19. The predicted octanol–water partition coefficient (Wildman–Crippen LogP) is 2.31. The average molecular weight is 267 g/mol. The van der Waals surface area contributed by atoms with E-state index in [9.17, 15) is 4.79 Å². The molecule has 0 bridgehead atoms. The van der Waals surface area contributed by atoms with Crippen molar-refractivity contribution in [2.45, 2.75) is 33.9 Å². The molecule has 6 heteroatoms. The number of carbonyl (C=O) groups excluding carboxylic acids is 1. The summed E-state index contributed by atoms with van der Waals surface area (Å²) in [7, 11) is 0. The van der Waals surface area contributed by atoms with E-state index in [4.69, 9.17) is 11.6 Å². The molecule has 2 aromatic heterocycles. The molecule has 0 saturated heterocycles. The lowest BCUT2D eigenvalue weighted by Crippen LogP contribution is -2.15. The quantitative estimate of drug-likeness (QED) is 0.798. The second-order valence-electron chi connectivity index (χ2n) is 3.97. The Morgan fingerprint density at radius 3 is 2.61 bits per heavy atom. The van der Waals surface area contributed by atoms with Crippen LogP contribution in [0.3, 0.4) is 0 Å². The van der Waals surface area contributed by atoms with Gasteiger partial charge in [0, 0.05) is 13.1 Å². The van der Waals surface area contributed by atoms with Gasteiger partial charge in [-0.3, -0.25) is 14.2 Å². The first kappa shape index (κ1) is 12.8. The van der Waals surface area contributed by atoms with Crippen LogP contribution in [0.5, 0.6) is 0 Å². The van der Waals surface area contributed by atoms with Crippen LogP contribution in [-0.4, -0.2) is 25.3 Å². The van der Waals surface area contributed by atoms with Gasteiger partial charge in [0.25, 0.3) is 0 Å². The topological polar surface area (TPSA) is 52.7 Å². The van der Waals surface area contributed by atoms with E-state index < -0.39 is 0 Å². The smallest absolute Gasteiger partial charge is 0.230 e. The lowest BCUT2D eigenvalue weighted by molar-refractivity contribution is 0.101. The Morgan fingerprint density at radius 2 is 2.00 bits per heavy atom. The average Bonchev–Trinajstić information content (AvgIpc) is 2.91. The number of ketones is 1. The van der Waals surface area contributed by atoms with Gasteiger partial charge < -0.3 is 0 Å². The predicted molar refractivity (Wildman–Crippen MR) is 69.0 cm³/mol. The lowest BCUT2D eigenvalue weighted by Gasteiger charge is -2.06. The largest absolute Gasteiger partial charge is 0.285 e. The molecule has 0 atom stereocenters. The van der Waals surface area contributed by atoms with Crippen molar-refractivity contribution in [1.29, 1.82) is 0 Å². The van der Waals surface area contributed by atoms with Crippen molar-refractivity contribution < 1.29 is 4.79 Å². The number of carbonyl (C=O) groups is 1. The summed E-state index contributed by atoms with van der Waals surface area (Å²) in [5.74, 6) is -0.137. The first-order chi connectivity index (χ1) is 8.58. The molecule has 96 valence electrons. The van der Waals surface area contributed by atoms with Crippen LogP contribution in [-0.2, 0) is 13.1 Å². The maximum Gasteiger partial charge on any atom is 0.230 e. The summed E-state index contributed by atoms with van der Waals surface area (Å²) >= 11 is 6.04. The van der Waals surface area contributed by atoms with Crippen LogP contribution in [0.25, 0.3) is 0 Å². The van der Waals surface area contributed by atoms with Crippen molar-refractivity contribution >= 4 is 17.4 Å². The first-order valence-electron chi connectivity index (χ1n) is 5.88. The fraction of sp³-hybridized carbons (Fsp3) is 0.417. The molecule has 0 aliphatic heterocycles. The number of halogens is 1. The molecule has 2 rings (SSSR count). The Labute approximate surface area is 110 Å². The second-order valence-corrected chi connectivity index (χ2v) is 4.38. The summed E-state index contributed by atoms with van der Waals surface area (Å²) in [4.78, 5) is 12.5. The molecule has 2 heterocycles. The van der Waals surface area contributed by atoms with Crippen LogP contribution in [0.2, 0.25) is 5.02 Å². The lowest BCUT2D eigenvalue weighted by atomic mass is 10.2. The van der Waals surface area contributed by atoms with E-state index in [-0.39, 0.29) is 5.78 Å². The van der Waals surface area contributed by atoms with Crippen molar-refractivity contribution in [1.82, 2.24) is 19.6 Å². The van der Waals surface area contributed by atoms with Crippen molar-refractivity contribution in [3.63, 3.8) is 0 Å². The van der Waals surface area contributed by atoms with Crippen LogP contribution in [0.15, 0.2) is 12.3 Å². The molecule has 5 nitrogen and oxygen atoms in total. The van der Waals surface area contributed by atoms with Crippen molar-refractivity contribution in [3.05, 3.63) is 34.4 Å². The molecule has 0 aliphatic rings. The Hall–Kier alpha value is -1.62. The van der Waals surface area contributed by atoms with E-state index in [1.807, 2.05) is 20.8 Å². The van der Waals surface area contributed by atoms with Gasteiger partial charge in [-0.2, -0.15) is 10.2 Å². The zero-order valence-electron chi connectivity index (χ0n) is 10.6. The van der Waals surface area contributed by atoms with E-state index >= 15 is 0 Å². The van der Waals surface area contributed by atoms with E-state index in [0.29, 0.717) is 29.5 Å². The molecule has 0 radical (unpaired) electrons. The molecule has 0 N–H and O–H groups in total. The normalized spacial score (nSPS) is 10.9. The summed E-state index contributed by atoms with van der Waals surface area (Å²) in [6.07, 6.45) is 1.50. The standard InChI is InChI=1S/C12H15ClN4O/c1-4-16-10(6-8(3)15-16)12(18)11-9(13)7-14-17(11)5-2/h6-7H,4-5H2,1-3H3. The Kier molecular flexibility index (Phi) is 3.52. The van der Waals surface area contributed by atoms with E-state index in [1.165, 1.54) is 6.20 Å². The Balaban J connectivity index is 2.50. The Morgan fingerprint density at radius 1 is 1.33 bits per heavy atom. The molecule has 0 unspecified atom stereocenters. The molecule has 0 spiro atoms. The third-order valence-electron chi connectivity index (χ3n) is 2.74. The highest BCUT2D eigenvalue weighted by Gasteiger charge is 2.22. The van der Waals surface area contributed by atoms with Crippen LogP contribution >= 0.6 is 11.6 Å². The molecule has 0 aromatic carbocycles. The van der Waals surface area contributed by atoms with Crippen LogP contribution in [0, 0.1) is 6.92 Å². The van der Waals surface area contributed by atoms with Gasteiger partial charge >= 0.3 is 0 Å². The fourth-order valence-corrected chi connectivity index (χ4v) is 2.15. The Bertz CT molecular complexity index is 585. The number of nitrogens with zero attached hydrogens (tertiary/aromatic N) is 4. The SMILES string of the molecule is CCn1nc(C)cc1C(=O)c1c(Cl)cnn1CC.